The van der Waals surface area contributed by atoms with Crippen LogP contribution in [0.4, 0.5) is 17.3 Å². The quantitative estimate of drug-likeness (QED) is 0.762. The number of nitrogens with zero attached hydrogens (tertiary/aromatic N) is 5. The molecule has 3 aromatic rings. The average Bonchev–Trinajstić information content (AvgIpc) is 3.10. The highest BCUT2D eigenvalue weighted by Gasteiger charge is 2.20. The standard InChI is InChI=1S/C18H23N7/c1-24(2)15-7-9-25(10-8-15)16-5-3-14(4-6-16)21-18-19-11-13-12-20-23-17(13)22-18/h3-6,11-12,15H,7-10H2,1-2H3,(H2,19,20,21,22,23). The van der Waals surface area contributed by atoms with E-state index >= 15 is 0 Å². The van der Waals surface area contributed by atoms with Gasteiger partial charge in [0.2, 0.25) is 5.95 Å². The van der Waals surface area contributed by atoms with Gasteiger partial charge in [-0.2, -0.15) is 10.1 Å². The Balaban J connectivity index is 1.41. The van der Waals surface area contributed by atoms with Gasteiger partial charge in [-0.05, 0) is 51.2 Å². The van der Waals surface area contributed by atoms with Gasteiger partial charge in [-0.3, -0.25) is 5.10 Å². The first-order valence-corrected chi connectivity index (χ1v) is 8.63. The largest absolute Gasteiger partial charge is 0.371 e. The first-order valence-electron chi connectivity index (χ1n) is 8.63. The second-order valence-electron chi connectivity index (χ2n) is 6.72. The van der Waals surface area contributed by atoms with E-state index in [-0.39, 0.29) is 0 Å². The fourth-order valence-corrected chi connectivity index (χ4v) is 3.32. The molecule has 7 nitrogen and oxygen atoms in total. The van der Waals surface area contributed by atoms with Crippen LogP contribution in [0.1, 0.15) is 12.8 Å². The van der Waals surface area contributed by atoms with Gasteiger partial charge in [0.15, 0.2) is 5.65 Å². The molecule has 2 N–H and O–H groups in total. The van der Waals surface area contributed by atoms with E-state index in [2.05, 4.69) is 73.6 Å². The van der Waals surface area contributed by atoms with Crippen LogP contribution in [-0.4, -0.2) is 58.3 Å². The van der Waals surface area contributed by atoms with Gasteiger partial charge in [0.1, 0.15) is 0 Å². The Labute approximate surface area is 147 Å². The molecule has 1 aliphatic heterocycles. The fourth-order valence-electron chi connectivity index (χ4n) is 3.32. The molecule has 130 valence electrons. The third-order valence-corrected chi connectivity index (χ3v) is 4.87. The Kier molecular flexibility index (Phi) is 4.23. The normalized spacial score (nSPS) is 15.9. The molecule has 0 unspecified atom stereocenters. The van der Waals surface area contributed by atoms with Crippen molar-refractivity contribution in [1.29, 1.82) is 0 Å². The van der Waals surface area contributed by atoms with Crippen molar-refractivity contribution in [2.45, 2.75) is 18.9 Å². The minimum Gasteiger partial charge on any atom is -0.371 e. The first-order chi connectivity index (χ1) is 12.2. The second kappa shape index (κ2) is 6.68. The summed E-state index contributed by atoms with van der Waals surface area (Å²) in [5.74, 6) is 0.566. The highest BCUT2D eigenvalue weighted by atomic mass is 15.2. The summed E-state index contributed by atoms with van der Waals surface area (Å²) in [6.45, 7) is 2.21. The van der Waals surface area contributed by atoms with Crippen molar-refractivity contribution in [1.82, 2.24) is 25.1 Å². The minimum absolute atomic E-state index is 0.566. The number of anilines is 3. The van der Waals surface area contributed by atoms with Crippen LogP contribution in [0.25, 0.3) is 11.0 Å². The zero-order chi connectivity index (χ0) is 17.2. The van der Waals surface area contributed by atoms with Crippen LogP contribution in [0.2, 0.25) is 0 Å². The van der Waals surface area contributed by atoms with E-state index in [4.69, 9.17) is 0 Å². The SMILES string of the molecule is CN(C)C1CCN(c2ccc(Nc3ncc4cn[nH]c4n3)cc2)CC1. The molecule has 2 aromatic heterocycles. The highest BCUT2D eigenvalue weighted by Crippen LogP contribution is 2.24. The van der Waals surface area contributed by atoms with Crippen molar-refractivity contribution in [2.24, 2.45) is 0 Å². The first kappa shape index (κ1) is 15.8. The fraction of sp³-hybridized carbons (Fsp3) is 0.389. The Hall–Kier alpha value is -2.67. The molecule has 4 rings (SSSR count). The number of piperidine rings is 1. The van der Waals surface area contributed by atoms with Crippen LogP contribution in [0, 0.1) is 0 Å². The van der Waals surface area contributed by atoms with Crippen molar-refractivity contribution in [3.8, 4) is 0 Å². The van der Waals surface area contributed by atoms with Crippen molar-refractivity contribution >= 4 is 28.4 Å². The lowest BCUT2D eigenvalue weighted by atomic mass is 10.0. The summed E-state index contributed by atoms with van der Waals surface area (Å²) in [4.78, 5) is 13.5. The molecule has 0 radical (unpaired) electrons. The topological polar surface area (TPSA) is 73.0 Å². The third kappa shape index (κ3) is 3.41. The van der Waals surface area contributed by atoms with E-state index in [1.54, 1.807) is 12.4 Å². The molecule has 7 heteroatoms. The lowest BCUT2D eigenvalue weighted by Gasteiger charge is -2.36. The highest BCUT2D eigenvalue weighted by molar-refractivity contribution is 5.74. The summed E-state index contributed by atoms with van der Waals surface area (Å²) in [6.07, 6.45) is 5.90. The number of aromatic amines is 1. The molecule has 25 heavy (non-hydrogen) atoms. The molecule has 0 aliphatic carbocycles. The van der Waals surface area contributed by atoms with Crippen LogP contribution in [0.3, 0.4) is 0 Å². The van der Waals surface area contributed by atoms with Crippen LogP contribution in [0.15, 0.2) is 36.7 Å². The predicted molar refractivity (Wildman–Crippen MR) is 100 cm³/mol. The number of nitrogens with one attached hydrogen (secondary N) is 2. The Morgan fingerprint density at radius 3 is 2.60 bits per heavy atom. The average molecular weight is 337 g/mol. The van der Waals surface area contributed by atoms with Crippen molar-refractivity contribution < 1.29 is 0 Å². The van der Waals surface area contributed by atoms with Crippen molar-refractivity contribution in [3.05, 3.63) is 36.7 Å². The molecule has 0 saturated carbocycles. The third-order valence-electron chi connectivity index (χ3n) is 4.87. The van der Waals surface area contributed by atoms with Gasteiger partial charge in [-0.25, -0.2) is 4.98 Å². The molecule has 1 aliphatic rings. The van der Waals surface area contributed by atoms with Gasteiger partial charge in [-0.15, -0.1) is 0 Å². The summed E-state index contributed by atoms with van der Waals surface area (Å²) in [5.41, 5.74) is 2.98. The van der Waals surface area contributed by atoms with E-state index in [9.17, 15) is 0 Å². The smallest absolute Gasteiger partial charge is 0.229 e. The summed E-state index contributed by atoms with van der Waals surface area (Å²) in [6, 6.07) is 9.17. The number of hydrogen-bond acceptors (Lipinski definition) is 6. The molecular weight excluding hydrogens is 314 g/mol. The maximum atomic E-state index is 4.41. The van der Waals surface area contributed by atoms with E-state index in [1.165, 1.54) is 18.5 Å². The maximum Gasteiger partial charge on any atom is 0.229 e. The number of hydrogen-bond donors (Lipinski definition) is 2. The molecule has 0 atom stereocenters. The van der Waals surface area contributed by atoms with E-state index < -0.39 is 0 Å². The van der Waals surface area contributed by atoms with E-state index in [0.717, 1.165) is 29.8 Å². The van der Waals surface area contributed by atoms with Crippen molar-refractivity contribution in [3.63, 3.8) is 0 Å². The summed E-state index contributed by atoms with van der Waals surface area (Å²) in [5, 5.41) is 11.0. The summed E-state index contributed by atoms with van der Waals surface area (Å²) in [7, 11) is 4.34. The number of fused-ring (bicyclic) bond motifs is 1. The van der Waals surface area contributed by atoms with Gasteiger partial charge >= 0.3 is 0 Å². The Bertz CT molecular complexity index is 832. The number of rotatable bonds is 4. The van der Waals surface area contributed by atoms with Crippen LogP contribution < -0.4 is 10.2 Å². The second-order valence-corrected chi connectivity index (χ2v) is 6.72. The Morgan fingerprint density at radius 1 is 1.12 bits per heavy atom. The van der Waals surface area contributed by atoms with Crippen LogP contribution in [-0.2, 0) is 0 Å². The molecule has 0 bridgehead atoms. The summed E-state index contributed by atoms with van der Waals surface area (Å²) < 4.78 is 0. The zero-order valence-corrected chi connectivity index (χ0v) is 14.6. The van der Waals surface area contributed by atoms with Gasteiger partial charge in [0, 0.05) is 36.7 Å². The van der Waals surface area contributed by atoms with Crippen LogP contribution in [0.5, 0.6) is 0 Å². The molecule has 1 aromatic carbocycles. The molecular formula is C18H23N7. The number of aromatic nitrogens is 4. The zero-order valence-electron chi connectivity index (χ0n) is 14.6. The molecule has 1 fully saturated rings. The molecule has 0 amide bonds. The number of H-pyrrole nitrogens is 1. The lowest BCUT2D eigenvalue weighted by molar-refractivity contribution is 0.249. The van der Waals surface area contributed by atoms with E-state index in [0.29, 0.717) is 12.0 Å². The van der Waals surface area contributed by atoms with Gasteiger partial charge in [0.25, 0.3) is 0 Å². The minimum atomic E-state index is 0.566. The Morgan fingerprint density at radius 2 is 1.88 bits per heavy atom. The molecule has 1 saturated heterocycles. The molecule has 3 heterocycles. The van der Waals surface area contributed by atoms with Crippen molar-refractivity contribution in [2.75, 3.05) is 37.4 Å². The summed E-state index contributed by atoms with van der Waals surface area (Å²) >= 11 is 0. The monoisotopic (exact) mass is 337 g/mol. The van der Waals surface area contributed by atoms with E-state index in [1.807, 2.05) is 0 Å². The van der Waals surface area contributed by atoms with Crippen LogP contribution >= 0.6 is 0 Å². The lowest BCUT2D eigenvalue weighted by Crippen LogP contribution is -2.41. The maximum absolute atomic E-state index is 4.41. The van der Waals surface area contributed by atoms with Gasteiger partial charge < -0.3 is 15.1 Å². The van der Waals surface area contributed by atoms with Gasteiger partial charge in [0.05, 0.1) is 11.6 Å². The molecule has 0 spiro atoms. The van der Waals surface area contributed by atoms with Gasteiger partial charge in [-0.1, -0.05) is 0 Å². The number of benzene rings is 1. The predicted octanol–water partition coefficient (Wildman–Crippen LogP) is 2.63.